The molecule has 0 radical (unpaired) electrons. The van der Waals surface area contributed by atoms with Gasteiger partial charge in [0, 0.05) is 5.71 Å². The van der Waals surface area contributed by atoms with E-state index in [0.717, 1.165) is 18.6 Å². The average Bonchev–Trinajstić information content (AvgIpc) is 2.15. The van der Waals surface area contributed by atoms with Crippen molar-refractivity contribution in [3.05, 3.63) is 11.6 Å². The summed E-state index contributed by atoms with van der Waals surface area (Å²) in [7, 11) is 0. The Morgan fingerprint density at radius 1 is 1.53 bits per heavy atom. The van der Waals surface area contributed by atoms with Gasteiger partial charge in [-0.05, 0) is 44.8 Å². The van der Waals surface area contributed by atoms with E-state index >= 15 is 0 Å². The molecule has 0 aliphatic rings. The van der Waals surface area contributed by atoms with Crippen molar-refractivity contribution >= 4 is 23.0 Å². The third-order valence-electron chi connectivity index (χ3n) is 2.12. The van der Waals surface area contributed by atoms with E-state index < -0.39 is 0 Å². The number of rotatable bonds is 5. The van der Waals surface area contributed by atoms with Crippen LogP contribution in [0.4, 0.5) is 0 Å². The molecule has 86 valence electrons. The maximum absolute atomic E-state index is 5.32. The fraction of sp³-hybridized carbons (Fsp3) is 0.636. The van der Waals surface area contributed by atoms with Crippen LogP contribution in [0.25, 0.3) is 0 Å². The van der Waals surface area contributed by atoms with Crippen LogP contribution in [0.3, 0.4) is 0 Å². The molecule has 3 nitrogen and oxygen atoms in total. The van der Waals surface area contributed by atoms with E-state index in [2.05, 4.69) is 44.3 Å². The molecule has 0 spiro atoms. The predicted molar refractivity (Wildman–Crippen MR) is 70.9 cm³/mol. The number of nitrogens with zero attached hydrogens (tertiary/aromatic N) is 1. The Morgan fingerprint density at radius 3 is 2.53 bits per heavy atom. The van der Waals surface area contributed by atoms with E-state index in [1.54, 1.807) is 0 Å². The van der Waals surface area contributed by atoms with Crippen LogP contribution in [0.5, 0.6) is 0 Å². The Hall–Kier alpha value is -0.900. The summed E-state index contributed by atoms with van der Waals surface area (Å²) in [6, 6.07) is 0. The van der Waals surface area contributed by atoms with Gasteiger partial charge in [-0.3, -0.25) is 5.43 Å². The first-order valence-corrected chi connectivity index (χ1v) is 5.63. The molecule has 0 saturated heterocycles. The van der Waals surface area contributed by atoms with Gasteiger partial charge in [0.05, 0.1) is 0 Å². The predicted octanol–water partition coefficient (Wildman–Crippen LogP) is 2.58. The van der Waals surface area contributed by atoms with Gasteiger partial charge < -0.3 is 5.73 Å². The number of nitrogens with one attached hydrogen (secondary N) is 1. The van der Waals surface area contributed by atoms with Crippen molar-refractivity contribution in [2.24, 2.45) is 16.8 Å². The SMILES string of the molecule is CC/C(=N/NC(N)=S)C(C)CC=C(C)C. The van der Waals surface area contributed by atoms with Gasteiger partial charge >= 0.3 is 0 Å². The van der Waals surface area contributed by atoms with Gasteiger partial charge in [-0.2, -0.15) is 5.10 Å². The van der Waals surface area contributed by atoms with Gasteiger partial charge in [-0.1, -0.05) is 25.5 Å². The molecule has 3 N–H and O–H groups in total. The quantitative estimate of drug-likeness (QED) is 0.328. The number of nitrogens with two attached hydrogens (primary N) is 1. The van der Waals surface area contributed by atoms with Gasteiger partial charge in [0.15, 0.2) is 5.11 Å². The van der Waals surface area contributed by atoms with Crippen LogP contribution in [-0.4, -0.2) is 10.8 Å². The van der Waals surface area contributed by atoms with E-state index in [1.807, 2.05) is 0 Å². The fourth-order valence-electron chi connectivity index (χ4n) is 1.21. The highest BCUT2D eigenvalue weighted by Crippen LogP contribution is 2.10. The maximum atomic E-state index is 5.32. The molecule has 0 amide bonds. The van der Waals surface area contributed by atoms with E-state index in [1.165, 1.54) is 5.57 Å². The van der Waals surface area contributed by atoms with E-state index in [0.29, 0.717) is 5.92 Å². The lowest BCUT2D eigenvalue weighted by atomic mass is 9.99. The van der Waals surface area contributed by atoms with Crippen LogP contribution < -0.4 is 11.2 Å². The second-order valence-corrected chi connectivity index (χ2v) is 4.29. The smallest absolute Gasteiger partial charge is 0.184 e. The summed E-state index contributed by atoms with van der Waals surface area (Å²) < 4.78 is 0. The maximum Gasteiger partial charge on any atom is 0.184 e. The van der Waals surface area contributed by atoms with Gasteiger partial charge in [-0.25, -0.2) is 0 Å². The van der Waals surface area contributed by atoms with Crippen molar-refractivity contribution in [2.75, 3.05) is 0 Å². The largest absolute Gasteiger partial charge is 0.375 e. The van der Waals surface area contributed by atoms with E-state index in [9.17, 15) is 0 Å². The molecule has 0 aliphatic carbocycles. The number of hydrogen-bond donors (Lipinski definition) is 2. The number of hydrogen-bond acceptors (Lipinski definition) is 2. The van der Waals surface area contributed by atoms with Crippen molar-refractivity contribution in [1.82, 2.24) is 5.43 Å². The third kappa shape index (κ3) is 7.08. The van der Waals surface area contributed by atoms with Crippen LogP contribution in [0.2, 0.25) is 0 Å². The monoisotopic (exact) mass is 227 g/mol. The number of thiocarbonyl (C=S) groups is 1. The summed E-state index contributed by atoms with van der Waals surface area (Å²) >= 11 is 4.70. The summed E-state index contributed by atoms with van der Waals surface area (Å²) in [6.45, 7) is 8.44. The summed E-state index contributed by atoms with van der Waals surface area (Å²) in [5.74, 6) is 0.423. The summed E-state index contributed by atoms with van der Waals surface area (Å²) in [5.41, 5.74) is 10.4. The molecule has 0 heterocycles. The molecule has 0 aliphatic heterocycles. The molecule has 0 rings (SSSR count). The van der Waals surface area contributed by atoms with Crippen molar-refractivity contribution < 1.29 is 0 Å². The second-order valence-electron chi connectivity index (χ2n) is 3.85. The molecule has 0 fully saturated rings. The average molecular weight is 227 g/mol. The highest BCUT2D eigenvalue weighted by atomic mass is 32.1. The van der Waals surface area contributed by atoms with Crippen LogP contribution in [0, 0.1) is 5.92 Å². The minimum absolute atomic E-state index is 0.218. The van der Waals surface area contributed by atoms with E-state index in [-0.39, 0.29) is 5.11 Å². The Labute approximate surface area is 97.8 Å². The Kier molecular flexibility index (Phi) is 6.96. The normalized spacial score (nSPS) is 13.2. The number of hydrazone groups is 1. The van der Waals surface area contributed by atoms with Gasteiger partial charge in [0.1, 0.15) is 0 Å². The Bertz CT molecular complexity index is 265. The van der Waals surface area contributed by atoms with Crippen LogP contribution in [-0.2, 0) is 0 Å². The molecule has 1 atom stereocenters. The summed E-state index contributed by atoms with van der Waals surface area (Å²) in [5, 5.41) is 4.41. The molecule has 0 aromatic heterocycles. The zero-order valence-corrected chi connectivity index (χ0v) is 10.8. The molecule has 4 heteroatoms. The minimum Gasteiger partial charge on any atom is -0.375 e. The highest BCUT2D eigenvalue weighted by Gasteiger charge is 2.07. The molecule has 0 bridgehead atoms. The van der Waals surface area contributed by atoms with Crippen molar-refractivity contribution in [1.29, 1.82) is 0 Å². The zero-order valence-electron chi connectivity index (χ0n) is 10.0. The van der Waals surface area contributed by atoms with Crippen molar-refractivity contribution in [3.63, 3.8) is 0 Å². The highest BCUT2D eigenvalue weighted by molar-refractivity contribution is 7.80. The summed E-state index contributed by atoms with van der Waals surface area (Å²) in [4.78, 5) is 0. The molecule has 15 heavy (non-hydrogen) atoms. The first kappa shape index (κ1) is 14.1. The van der Waals surface area contributed by atoms with Crippen LogP contribution >= 0.6 is 12.2 Å². The Balaban J connectivity index is 4.33. The van der Waals surface area contributed by atoms with Gasteiger partial charge in [0.2, 0.25) is 0 Å². The fourth-order valence-corrected chi connectivity index (χ4v) is 1.26. The minimum atomic E-state index is 0.218. The molecular weight excluding hydrogens is 206 g/mol. The molecule has 0 aromatic rings. The molecule has 0 saturated carbocycles. The Morgan fingerprint density at radius 2 is 2.13 bits per heavy atom. The van der Waals surface area contributed by atoms with Crippen LogP contribution in [0.15, 0.2) is 16.8 Å². The second kappa shape index (κ2) is 7.40. The van der Waals surface area contributed by atoms with Crippen molar-refractivity contribution in [3.8, 4) is 0 Å². The lowest BCUT2D eigenvalue weighted by Crippen LogP contribution is -2.26. The first-order chi connectivity index (χ1) is 6.97. The topological polar surface area (TPSA) is 50.4 Å². The van der Waals surface area contributed by atoms with E-state index in [4.69, 9.17) is 18.0 Å². The summed E-state index contributed by atoms with van der Waals surface area (Å²) in [6.07, 6.45) is 4.14. The molecular formula is C11H21N3S. The lowest BCUT2D eigenvalue weighted by molar-refractivity contribution is 0.755. The number of allylic oxidation sites excluding steroid dienone is 2. The van der Waals surface area contributed by atoms with Crippen LogP contribution in [0.1, 0.15) is 40.5 Å². The van der Waals surface area contributed by atoms with Gasteiger partial charge in [-0.15, -0.1) is 0 Å². The third-order valence-corrected chi connectivity index (χ3v) is 2.21. The van der Waals surface area contributed by atoms with Crippen molar-refractivity contribution in [2.45, 2.75) is 40.5 Å². The molecule has 1 unspecified atom stereocenters. The first-order valence-electron chi connectivity index (χ1n) is 5.22. The lowest BCUT2D eigenvalue weighted by Gasteiger charge is -2.11. The molecule has 0 aromatic carbocycles. The standard InChI is InChI=1S/C11H21N3S/c1-5-10(13-14-11(12)15)9(4)7-6-8(2)3/h6,9H,5,7H2,1-4H3,(H3,12,14,15)/b13-10-. The van der Waals surface area contributed by atoms with Gasteiger partial charge in [0.25, 0.3) is 0 Å². The zero-order chi connectivity index (χ0) is 11.8.